The van der Waals surface area contributed by atoms with Crippen LogP contribution in [0.15, 0.2) is 48.7 Å². The van der Waals surface area contributed by atoms with Gasteiger partial charge in [-0.15, -0.1) is 11.6 Å². The van der Waals surface area contributed by atoms with Crippen molar-refractivity contribution in [1.29, 1.82) is 0 Å². The van der Waals surface area contributed by atoms with E-state index >= 15 is 0 Å². The predicted molar refractivity (Wildman–Crippen MR) is 84.2 cm³/mol. The molecular weight excluding hydrogens is 270 g/mol. The first-order chi connectivity index (χ1) is 9.81. The minimum atomic E-state index is 0.0790. The number of rotatable bonds is 3. The van der Waals surface area contributed by atoms with Crippen molar-refractivity contribution in [3.05, 3.63) is 59.8 Å². The highest BCUT2D eigenvalue weighted by molar-refractivity contribution is 6.20. The molecule has 1 aliphatic rings. The predicted octanol–water partition coefficient (Wildman–Crippen LogP) is 4.56. The highest BCUT2D eigenvalue weighted by Gasteiger charge is 2.18. The van der Waals surface area contributed by atoms with Gasteiger partial charge in [0.2, 0.25) is 0 Å². The number of hydrogen-bond donors (Lipinski definition) is 1. The Hall–Kier alpha value is -2.06. The third kappa shape index (κ3) is 2.23. The second-order valence-corrected chi connectivity index (χ2v) is 5.03. The number of carbonyl (C=O) groups excluding carboxylic acids is 1. The van der Waals surface area contributed by atoms with Crippen LogP contribution in [0.3, 0.4) is 0 Å². The Balaban J connectivity index is 2.24. The van der Waals surface area contributed by atoms with Gasteiger partial charge in [0.05, 0.1) is 0 Å². The lowest BCUT2D eigenvalue weighted by atomic mass is 9.92. The number of fused-ring (bicyclic) bond motifs is 3. The fraction of sp³-hybridized carbons (Fsp3) is 0.118. The van der Waals surface area contributed by atoms with Crippen LogP contribution in [0.25, 0.3) is 17.2 Å². The van der Waals surface area contributed by atoms with Gasteiger partial charge in [0, 0.05) is 35.3 Å². The minimum Gasteiger partial charge on any atom is -0.361 e. The molecule has 0 aromatic heterocycles. The molecule has 0 spiro atoms. The van der Waals surface area contributed by atoms with Crippen LogP contribution in [0.4, 0.5) is 5.69 Å². The summed E-state index contributed by atoms with van der Waals surface area (Å²) in [5, 5.41) is 3.24. The Bertz CT molecular complexity index is 691. The summed E-state index contributed by atoms with van der Waals surface area (Å²) in [5.41, 5.74) is 4.81. The number of ketones is 1. The number of carbonyl (C=O) groups is 1. The summed E-state index contributed by atoms with van der Waals surface area (Å²) >= 11 is 5.71. The van der Waals surface area contributed by atoms with Crippen molar-refractivity contribution in [2.75, 3.05) is 11.2 Å². The lowest BCUT2D eigenvalue weighted by molar-refractivity contribution is 0.0990. The number of Topliss-reactive ketones (excluding diaryl/α,β-unsaturated/α-hetero) is 1. The monoisotopic (exact) mass is 283 g/mol. The molecule has 1 aliphatic heterocycles. The highest BCUT2D eigenvalue weighted by Crippen LogP contribution is 2.37. The molecule has 0 fully saturated rings. The first-order valence-corrected chi connectivity index (χ1v) is 7.09. The molecule has 0 aliphatic carbocycles. The Kier molecular flexibility index (Phi) is 3.57. The molecule has 3 heteroatoms. The number of benzene rings is 2. The van der Waals surface area contributed by atoms with E-state index in [2.05, 4.69) is 5.32 Å². The standard InChI is InChI=1S/C17H14ClNO/c18-10-8-16(20)14-6-3-7-15-17(14)13-5-2-1-4-12(13)9-11-19-15/h1-7,9,11,19H,8,10H2. The SMILES string of the molecule is O=C(CCCl)c1cccc2c1-c1ccccc1C=CN2. The molecule has 0 bridgehead atoms. The second kappa shape index (κ2) is 5.51. The molecule has 2 nitrogen and oxygen atoms in total. The summed E-state index contributed by atoms with van der Waals surface area (Å²) in [5.74, 6) is 0.422. The molecule has 1 heterocycles. The number of hydrogen-bond acceptors (Lipinski definition) is 2. The van der Waals surface area contributed by atoms with Gasteiger partial charge < -0.3 is 5.32 Å². The van der Waals surface area contributed by atoms with Crippen molar-refractivity contribution < 1.29 is 4.79 Å². The van der Waals surface area contributed by atoms with Crippen LogP contribution in [0.1, 0.15) is 22.3 Å². The zero-order valence-corrected chi connectivity index (χ0v) is 11.7. The van der Waals surface area contributed by atoms with Crippen molar-refractivity contribution >= 4 is 29.1 Å². The van der Waals surface area contributed by atoms with Gasteiger partial charge in [-0.25, -0.2) is 0 Å². The lowest BCUT2D eigenvalue weighted by Crippen LogP contribution is -2.04. The Labute approximate surface area is 123 Å². The van der Waals surface area contributed by atoms with E-state index in [4.69, 9.17) is 11.6 Å². The first kappa shape index (κ1) is 12.9. The molecule has 0 saturated carbocycles. The van der Waals surface area contributed by atoms with E-state index in [9.17, 15) is 4.79 Å². The molecule has 20 heavy (non-hydrogen) atoms. The topological polar surface area (TPSA) is 29.1 Å². The summed E-state index contributed by atoms with van der Waals surface area (Å²) in [6, 6.07) is 13.8. The molecule has 3 rings (SSSR count). The van der Waals surface area contributed by atoms with Crippen LogP contribution in [0, 0.1) is 0 Å². The van der Waals surface area contributed by atoms with Crippen LogP contribution in [0.2, 0.25) is 0 Å². The fourth-order valence-corrected chi connectivity index (χ4v) is 2.68. The first-order valence-electron chi connectivity index (χ1n) is 6.56. The van der Waals surface area contributed by atoms with Crippen molar-refractivity contribution in [1.82, 2.24) is 0 Å². The van der Waals surface area contributed by atoms with Crippen LogP contribution in [0.5, 0.6) is 0 Å². The van der Waals surface area contributed by atoms with E-state index in [1.807, 2.05) is 54.7 Å². The normalized spacial score (nSPS) is 12.1. The van der Waals surface area contributed by atoms with E-state index in [1.165, 1.54) is 0 Å². The van der Waals surface area contributed by atoms with Crippen LogP contribution < -0.4 is 5.32 Å². The summed E-state index contributed by atoms with van der Waals surface area (Å²) in [6.07, 6.45) is 4.28. The summed E-state index contributed by atoms with van der Waals surface area (Å²) in [4.78, 5) is 12.3. The maximum Gasteiger partial charge on any atom is 0.164 e. The Morgan fingerprint density at radius 1 is 1.10 bits per heavy atom. The van der Waals surface area contributed by atoms with E-state index < -0.39 is 0 Å². The lowest BCUT2D eigenvalue weighted by Gasteiger charge is -2.14. The van der Waals surface area contributed by atoms with Gasteiger partial charge in [0.15, 0.2) is 5.78 Å². The quantitative estimate of drug-likeness (QED) is 0.661. The van der Waals surface area contributed by atoms with Crippen molar-refractivity contribution in [2.24, 2.45) is 0 Å². The molecular formula is C17H14ClNO. The van der Waals surface area contributed by atoms with E-state index in [-0.39, 0.29) is 5.78 Å². The number of anilines is 1. The van der Waals surface area contributed by atoms with Crippen LogP contribution >= 0.6 is 11.6 Å². The average Bonchev–Trinajstić information content (AvgIpc) is 2.66. The molecule has 0 radical (unpaired) electrons. The third-order valence-electron chi connectivity index (χ3n) is 3.42. The smallest absolute Gasteiger partial charge is 0.164 e. The van der Waals surface area contributed by atoms with E-state index in [1.54, 1.807) is 0 Å². The largest absolute Gasteiger partial charge is 0.361 e. The molecule has 2 aromatic carbocycles. The van der Waals surface area contributed by atoms with Crippen molar-refractivity contribution in [2.45, 2.75) is 6.42 Å². The zero-order valence-electron chi connectivity index (χ0n) is 10.9. The van der Waals surface area contributed by atoms with Gasteiger partial charge in [-0.1, -0.05) is 36.4 Å². The molecule has 2 aromatic rings. The minimum absolute atomic E-state index is 0.0790. The number of halogens is 1. The van der Waals surface area contributed by atoms with Crippen molar-refractivity contribution in [3.63, 3.8) is 0 Å². The number of nitrogens with one attached hydrogen (secondary N) is 1. The molecule has 1 N–H and O–H groups in total. The molecule has 0 atom stereocenters. The Morgan fingerprint density at radius 2 is 1.95 bits per heavy atom. The van der Waals surface area contributed by atoms with Gasteiger partial charge in [0.25, 0.3) is 0 Å². The van der Waals surface area contributed by atoms with Gasteiger partial charge in [0.1, 0.15) is 0 Å². The molecule has 0 amide bonds. The van der Waals surface area contributed by atoms with E-state index in [0.29, 0.717) is 12.3 Å². The van der Waals surface area contributed by atoms with Crippen molar-refractivity contribution in [3.8, 4) is 11.1 Å². The maximum atomic E-state index is 12.3. The average molecular weight is 284 g/mol. The highest BCUT2D eigenvalue weighted by atomic mass is 35.5. The Morgan fingerprint density at radius 3 is 2.80 bits per heavy atom. The fourth-order valence-electron chi connectivity index (χ4n) is 2.51. The van der Waals surface area contributed by atoms with Gasteiger partial charge in [-0.3, -0.25) is 4.79 Å². The second-order valence-electron chi connectivity index (χ2n) is 4.66. The maximum absolute atomic E-state index is 12.3. The van der Waals surface area contributed by atoms with Gasteiger partial charge in [-0.05, 0) is 23.3 Å². The third-order valence-corrected chi connectivity index (χ3v) is 3.61. The van der Waals surface area contributed by atoms with Gasteiger partial charge >= 0.3 is 0 Å². The zero-order chi connectivity index (χ0) is 13.9. The summed E-state index contributed by atoms with van der Waals surface area (Å²) < 4.78 is 0. The van der Waals surface area contributed by atoms with Crippen LogP contribution in [-0.4, -0.2) is 11.7 Å². The molecule has 0 saturated heterocycles. The van der Waals surface area contributed by atoms with Gasteiger partial charge in [-0.2, -0.15) is 0 Å². The summed E-state index contributed by atoms with van der Waals surface area (Å²) in [6.45, 7) is 0. The molecule has 100 valence electrons. The van der Waals surface area contributed by atoms with E-state index in [0.717, 1.165) is 27.9 Å². The number of alkyl halides is 1. The summed E-state index contributed by atoms with van der Waals surface area (Å²) in [7, 11) is 0. The van der Waals surface area contributed by atoms with Crippen LogP contribution in [-0.2, 0) is 0 Å². The molecule has 0 unspecified atom stereocenters.